The van der Waals surface area contributed by atoms with E-state index < -0.39 is 0 Å². The summed E-state index contributed by atoms with van der Waals surface area (Å²) < 4.78 is 0. The van der Waals surface area contributed by atoms with Gasteiger partial charge in [0, 0.05) is 24.5 Å². The first kappa shape index (κ1) is 14.0. The fourth-order valence-electron chi connectivity index (χ4n) is 2.94. The normalized spacial score (nSPS) is 13.4. The van der Waals surface area contributed by atoms with Crippen LogP contribution in [0.25, 0.3) is 0 Å². The number of carbonyl (C=O) groups excluding carboxylic acids is 1. The predicted molar refractivity (Wildman–Crippen MR) is 83.4 cm³/mol. The van der Waals surface area contributed by atoms with Gasteiger partial charge in [-0.05, 0) is 55.1 Å². The summed E-state index contributed by atoms with van der Waals surface area (Å²) in [5, 5.41) is 0. The molecule has 0 saturated carbocycles. The second-order valence-corrected chi connectivity index (χ2v) is 5.79. The van der Waals surface area contributed by atoms with Crippen LogP contribution in [0.1, 0.15) is 33.5 Å². The zero-order chi connectivity index (χ0) is 14.7. The van der Waals surface area contributed by atoms with Gasteiger partial charge in [0.25, 0.3) is 0 Å². The van der Waals surface area contributed by atoms with Gasteiger partial charge in [0.15, 0.2) is 5.78 Å². The number of ketones is 1. The first-order valence-corrected chi connectivity index (χ1v) is 7.45. The molecule has 1 aromatic heterocycles. The van der Waals surface area contributed by atoms with Gasteiger partial charge in [0.2, 0.25) is 0 Å². The maximum atomic E-state index is 12.4. The standard InChI is InChI=1S/C18H20N2O/c1-20(12-14-4-3-9-19-11-14)13-18(21)17-8-7-15-5-2-6-16(15)10-17/h3-4,7-11H,2,5-6,12-13H2,1H3. The number of fused-ring (bicyclic) bond motifs is 1. The van der Waals surface area contributed by atoms with E-state index in [1.54, 1.807) is 6.20 Å². The molecular weight excluding hydrogens is 260 g/mol. The molecule has 0 aliphatic heterocycles. The molecule has 21 heavy (non-hydrogen) atoms. The van der Waals surface area contributed by atoms with Crippen LogP contribution in [0.5, 0.6) is 0 Å². The van der Waals surface area contributed by atoms with Crippen molar-refractivity contribution in [1.29, 1.82) is 0 Å². The minimum Gasteiger partial charge on any atom is -0.295 e. The average Bonchev–Trinajstić information content (AvgIpc) is 2.95. The van der Waals surface area contributed by atoms with E-state index in [9.17, 15) is 4.79 Å². The number of nitrogens with zero attached hydrogens (tertiary/aromatic N) is 2. The summed E-state index contributed by atoms with van der Waals surface area (Å²) in [6, 6.07) is 10.1. The molecule has 3 heteroatoms. The molecule has 0 radical (unpaired) electrons. The third-order valence-electron chi connectivity index (χ3n) is 4.01. The van der Waals surface area contributed by atoms with Crippen molar-refractivity contribution in [2.24, 2.45) is 0 Å². The van der Waals surface area contributed by atoms with Crippen LogP contribution in [-0.4, -0.2) is 29.3 Å². The van der Waals surface area contributed by atoms with E-state index in [0.717, 1.165) is 30.5 Å². The molecule has 0 spiro atoms. The van der Waals surface area contributed by atoms with Gasteiger partial charge < -0.3 is 0 Å². The molecule has 3 rings (SSSR count). The maximum Gasteiger partial charge on any atom is 0.176 e. The average molecular weight is 280 g/mol. The lowest BCUT2D eigenvalue weighted by Crippen LogP contribution is -2.25. The van der Waals surface area contributed by atoms with Gasteiger partial charge in [-0.1, -0.05) is 18.2 Å². The quantitative estimate of drug-likeness (QED) is 0.790. The third-order valence-corrected chi connectivity index (χ3v) is 4.01. The van der Waals surface area contributed by atoms with Crippen molar-refractivity contribution < 1.29 is 4.79 Å². The second-order valence-electron chi connectivity index (χ2n) is 5.79. The molecule has 1 aliphatic carbocycles. The number of pyridine rings is 1. The number of aryl methyl sites for hydroxylation is 2. The smallest absolute Gasteiger partial charge is 0.176 e. The van der Waals surface area contributed by atoms with Crippen LogP contribution in [0.15, 0.2) is 42.7 Å². The number of hydrogen-bond acceptors (Lipinski definition) is 3. The highest BCUT2D eigenvalue weighted by atomic mass is 16.1. The summed E-state index contributed by atoms with van der Waals surface area (Å²) in [7, 11) is 1.97. The van der Waals surface area contributed by atoms with Gasteiger partial charge in [-0.25, -0.2) is 0 Å². The minimum atomic E-state index is 0.191. The molecule has 1 heterocycles. The molecule has 2 aromatic rings. The lowest BCUT2D eigenvalue weighted by Gasteiger charge is -2.16. The van der Waals surface area contributed by atoms with E-state index in [2.05, 4.69) is 17.1 Å². The van der Waals surface area contributed by atoms with E-state index in [1.807, 2.05) is 36.3 Å². The van der Waals surface area contributed by atoms with E-state index in [4.69, 9.17) is 0 Å². The van der Waals surface area contributed by atoms with Crippen LogP contribution in [-0.2, 0) is 19.4 Å². The Morgan fingerprint density at radius 1 is 1.24 bits per heavy atom. The number of hydrogen-bond donors (Lipinski definition) is 0. The Morgan fingerprint density at radius 3 is 2.90 bits per heavy atom. The molecule has 3 nitrogen and oxygen atoms in total. The molecule has 0 atom stereocenters. The summed E-state index contributed by atoms with van der Waals surface area (Å²) in [6.07, 6.45) is 7.09. The molecule has 1 aliphatic rings. The fraction of sp³-hybridized carbons (Fsp3) is 0.333. The highest BCUT2D eigenvalue weighted by Gasteiger charge is 2.15. The van der Waals surface area contributed by atoms with Crippen molar-refractivity contribution in [3.05, 3.63) is 65.0 Å². The molecule has 0 saturated heterocycles. The Labute approximate surface area is 125 Å². The minimum absolute atomic E-state index is 0.191. The van der Waals surface area contributed by atoms with Crippen molar-refractivity contribution in [3.8, 4) is 0 Å². The van der Waals surface area contributed by atoms with Crippen molar-refractivity contribution >= 4 is 5.78 Å². The highest BCUT2D eigenvalue weighted by Crippen LogP contribution is 2.23. The first-order chi connectivity index (χ1) is 10.2. The molecule has 0 bridgehead atoms. The zero-order valence-corrected chi connectivity index (χ0v) is 12.4. The van der Waals surface area contributed by atoms with Crippen LogP contribution in [0.2, 0.25) is 0 Å². The molecule has 1 aromatic carbocycles. The van der Waals surface area contributed by atoms with Crippen molar-refractivity contribution in [3.63, 3.8) is 0 Å². The SMILES string of the molecule is CN(CC(=O)c1ccc2c(c1)CCC2)Cc1cccnc1. The van der Waals surface area contributed by atoms with Gasteiger partial charge >= 0.3 is 0 Å². The molecule has 0 amide bonds. The molecule has 0 unspecified atom stereocenters. The number of rotatable bonds is 5. The van der Waals surface area contributed by atoms with Gasteiger partial charge in [-0.2, -0.15) is 0 Å². The fourth-order valence-corrected chi connectivity index (χ4v) is 2.94. The van der Waals surface area contributed by atoms with Crippen molar-refractivity contribution in [2.45, 2.75) is 25.8 Å². The number of aromatic nitrogens is 1. The van der Waals surface area contributed by atoms with Crippen LogP contribution >= 0.6 is 0 Å². The Morgan fingerprint density at radius 2 is 2.10 bits per heavy atom. The summed E-state index contributed by atoms with van der Waals surface area (Å²) in [5.41, 5.74) is 4.74. The van der Waals surface area contributed by atoms with Crippen LogP contribution in [0.3, 0.4) is 0 Å². The van der Waals surface area contributed by atoms with Crippen LogP contribution in [0, 0.1) is 0 Å². The number of likely N-dealkylation sites (N-methyl/N-ethyl adjacent to an activating group) is 1. The van der Waals surface area contributed by atoms with E-state index >= 15 is 0 Å². The Balaban J connectivity index is 1.63. The van der Waals surface area contributed by atoms with E-state index in [-0.39, 0.29) is 5.78 Å². The lowest BCUT2D eigenvalue weighted by atomic mass is 10.0. The lowest BCUT2D eigenvalue weighted by molar-refractivity contribution is 0.0943. The monoisotopic (exact) mass is 280 g/mol. The third kappa shape index (κ3) is 3.37. The highest BCUT2D eigenvalue weighted by molar-refractivity contribution is 5.97. The molecule has 0 fully saturated rings. The maximum absolute atomic E-state index is 12.4. The van der Waals surface area contributed by atoms with E-state index in [1.165, 1.54) is 17.5 Å². The largest absolute Gasteiger partial charge is 0.295 e. The van der Waals surface area contributed by atoms with Crippen LogP contribution in [0.4, 0.5) is 0 Å². The summed E-state index contributed by atoms with van der Waals surface area (Å²) in [6.45, 7) is 1.18. The first-order valence-electron chi connectivity index (χ1n) is 7.45. The van der Waals surface area contributed by atoms with Gasteiger partial charge in [-0.3, -0.25) is 14.7 Å². The Bertz CT molecular complexity index is 637. The van der Waals surface area contributed by atoms with Crippen molar-refractivity contribution in [2.75, 3.05) is 13.6 Å². The molecule has 108 valence electrons. The van der Waals surface area contributed by atoms with Gasteiger partial charge in [0.05, 0.1) is 6.54 Å². The van der Waals surface area contributed by atoms with Crippen LogP contribution < -0.4 is 0 Å². The summed E-state index contributed by atoms with van der Waals surface area (Å²) in [5.74, 6) is 0.191. The molecular formula is C18H20N2O. The number of benzene rings is 1. The zero-order valence-electron chi connectivity index (χ0n) is 12.4. The summed E-state index contributed by atoms with van der Waals surface area (Å²) in [4.78, 5) is 18.5. The number of Topliss-reactive ketones (excluding diaryl/α,β-unsaturated/α-hetero) is 1. The van der Waals surface area contributed by atoms with Crippen molar-refractivity contribution in [1.82, 2.24) is 9.88 Å². The van der Waals surface area contributed by atoms with E-state index in [0.29, 0.717) is 6.54 Å². The Hall–Kier alpha value is -2.00. The number of carbonyl (C=O) groups is 1. The predicted octanol–water partition coefficient (Wildman–Crippen LogP) is 2.89. The Kier molecular flexibility index (Phi) is 4.11. The topological polar surface area (TPSA) is 33.2 Å². The molecule has 0 N–H and O–H groups in total. The summed E-state index contributed by atoms with van der Waals surface area (Å²) >= 11 is 0. The van der Waals surface area contributed by atoms with Gasteiger partial charge in [-0.15, -0.1) is 0 Å². The second kappa shape index (κ2) is 6.19. The van der Waals surface area contributed by atoms with Gasteiger partial charge in [0.1, 0.15) is 0 Å².